The Kier molecular flexibility index (Phi) is 3.84. The first kappa shape index (κ1) is 12.4. The molecule has 0 radical (unpaired) electrons. The standard InChI is InChI=1S/C13H12F2N2O/c1-16-8-10-3-2-4-13(17-10)18-12-7-9(14)5-6-11(12)15/h2-7,16H,8H2,1H3. The smallest absolute Gasteiger partial charge is 0.219 e. The van der Waals surface area contributed by atoms with E-state index in [0.29, 0.717) is 6.54 Å². The fourth-order valence-electron chi connectivity index (χ4n) is 1.46. The van der Waals surface area contributed by atoms with Crippen molar-refractivity contribution < 1.29 is 13.5 Å². The second-order valence-corrected chi connectivity index (χ2v) is 3.67. The quantitative estimate of drug-likeness (QED) is 0.906. The molecule has 2 rings (SSSR count). The van der Waals surface area contributed by atoms with Crippen LogP contribution in [0.15, 0.2) is 36.4 Å². The van der Waals surface area contributed by atoms with Crippen molar-refractivity contribution >= 4 is 0 Å². The Balaban J connectivity index is 2.22. The van der Waals surface area contributed by atoms with Crippen molar-refractivity contribution in [2.75, 3.05) is 7.05 Å². The zero-order chi connectivity index (χ0) is 13.0. The van der Waals surface area contributed by atoms with Gasteiger partial charge in [0, 0.05) is 18.7 Å². The summed E-state index contributed by atoms with van der Waals surface area (Å²) in [6, 6.07) is 8.18. The van der Waals surface area contributed by atoms with Crippen molar-refractivity contribution in [3.05, 3.63) is 53.7 Å². The molecule has 0 spiro atoms. The molecule has 0 fully saturated rings. The zero-order valence-corrected chi connectivity index (χ0v) is 9.78. The van der Waals surface area contributed by atoms with E-state index in [1.165, 1.54) is 0 Å². The average Bonchev–Trinajstić information content (AvgIpc) is 2.35. The Morgan fingerprint density at radius 3 is 2.83 bits per heavy atom. The minimum Gasteiger partial charge on any atom is -0.436 e. The number of nitrogens with one attached hydrogen (secondary N) is 1. The predicted molar refractivity (Wildman–Crippen MR) is 63.4 cm³/mol. The molecule has 1 aromatic carbocycles. The monoisotopic (exact) mass is 250 g/mol. The van der Waals surface area contributed by atoms with Gasteiger partial charge in [-0.05, 0) is 25.2 Å². The number of aromatic nitrogens is 1. The summed E-state index contributed by atoms with van der Waals surface area (Å²) in [6.45, 7) is 0.572. The highest BCUT2D eigenvalue weighted by molar-refractivity contribution is 5.29. The summed E-state index contributed by atoms with van der Waals surface area (Å²) in [4.78, 5) is 4.15. The van der Waals surface area contributed by atoms with Crippen molar-refractivity contribution in [1.29, 1.82) is 0 Å². The molecule has 18 heavy (non-hydrogen) atoms. The van der Waals surface area contributed by atoms with Crippen molar-refractivity contribution in [2.45, 2.75) is 6.54 Å². The third-order valence-corrected chi connectivity index (χ3v) is 2.25. The summed E-state index contributed by atoms with van der Waals surface area (Å²) >= 11 is 0. The van der Waals surface area contributed by atoms with Crippen molar-refractivity contribution in [3.8, 4) is 11.6 Å². The Morgan fingerprint density at radius 1 is 1.22 bits per heavy atom. The average molecular weight is 250 g/mol. The number of hydrogen-bond acceptors (Lipinski definition) is 3. The van der Waals surface area contributed by atoms with Gasteiger partial charge in [0.2, 0.25) is 5.88 Å². The summed E-state index contributed by atoms with van der Waals surface area (Å²) < 4.78 is 31.6. The van der Waals surface area contributed by atoms with Gasteiger partial charge in [-0.15, -0.1) is 0 Å². The maximum absolute atomic E-state index is 13.4. The van der Waals surface area contributed by atoms with Gasteiger partial charge in [-0.3, -0.25) is 0 Å². The van der Waals surface area contributed by atoms with Crippen LogP contribution < -0.4 is 10.1 Å². The van der Waals surface area contributed by atoms with Crippen molar-refractivity contribution in [3.63, 3.8) is 0 Å². The lowest BCUT2D eigenvalue weighted by molar-refractivity contribution is 0.420. The number of nitrogens with zero attached hydrogens (tertiary/aromatic N) is 1. The Hall–Kier alpha value is -2.01. The highest BCUT2D eigenvalue weighted by atomic mass is 19.1. The summed E-state index contributed by atoms with van der Waals surface area (Å²) in [5.74, 6) is -1.13. The second-order valence-electron chi connectivity index (χ2n) is 3.67. The van der Waals surface area contributed by atoms with E-state index in [0.717, 1.165) is 23.9 Å². The van der Waals surface area contributed by atoms with E-state index in [1.54, 1.807) is 19.2 Å². The number of benzene rings is 1. The minimum absolute atomic E-state index is 0.177. The lowest BCUT2D eigenvalue weighted by Gasteiger charge is -2.07. The number of pyridine rings is 1. The van der Waals surface area contributed by atoms with Gasteiger partial charge in [0.25, 0.3) is 0 Å². The number of ether oxygens (including phenoxy) is 1. The molecule has 0 unspecified atom stereocenters. The molecule has 0 amide bonds. The van der Waals surface area contributed by atoms with Gasteiger partial charge in [0.1, 0.15) is 5.82 Å². The molecule has 0 aliphatic heterocycles. The predicted octanol–water partition coefficient (Wildman–Crippen LogP) is 2.87. The SMILES string of the molecule is CNCc1cccc(Oc2cc(F)ccc2F)n1. The fraction of sp³-hybridized carbons (Fsp3) is 0.154. The first-order valence-electron chi connectivity index (χ1n) is 5.42. The molecule has 0 saturated carbocycles. The van der Waals surface area contributed by atoms with Crippen LogP contribution in [0.2, 0.25) is 0 Å². The molecule has 1 N–H and O–H groups in total. The second kappa shape index (κ2) is 5.55. The van der Waals surface area contributed by atoms with Crippen LogP contribution in [0.5, 0.6) is 11.6 Å². The largest absolute Gasteiger partial charge is 0.436 e. The molecule has 1 heterocycles. The Labute approximate surface area is 103 Å². The van der Waals surface area contributed by atoms with E-state index in [2.05, 4.69) is 10.3 Å². The summed E-state index contributed by atoms with van der Waals surface area (Å²) in [5, 5.41) is 2.94. The van der Waals surface area contributed by atoms with Crippen LogP contribution in [0.3, 0.4) is 0 Å². The van der Waals surface area contributed by atoms with E-state index >= 15 is 0 Å². The maximum atomic E-state index is 13.4. The minimum atomic E-state index is -0.628. The molecule has 1 aromatic heterocycles. The van der Waals surface area contributed by atoms with Crippen LogP contribution >= 0.6 is 0 Å². The van der Waals surface area contributed by atoms with Crippen LogP contribution in [0, 0.1) is 11.6 Å². The van der Waals surface area contributed by atoms with Crippen LogP contribution in [-0.2, 0) is 6.54 Å². The highest BCUT2D eigenvalue weighted by Crippen LogP contribution is 2.23. The summed E-state index contributed by atoms with van der Waals surface area (Å²) in [7, 11) is 1.79. The fourth-order valence-corrected chi connectivity index (χ4v) is 1.46. The molecule has 0 atom stereocenters. The van der Waals surface area contributed by atoms with Gasteiger partial charge in [0.05, 0.1) is 5.69 Å². The van der Waals surface area contributed by atoms with Crippen molar-refractivity contribution in [2.24, 2.45) is 0 Å². The van der Waals surface area contributed by atoms with Crippen molar-refractivity contribution in [1.82, 2.24) is 10.3 Å². The zero-order valence-electron chi connectivity index (χ0n) is 9.78. The molecule has 0 bridgehead atoms. The lowest BCUT2D eigenvalue weighted by atomic mass is 10.3. The van der Waals surface area contributed by atoms with Gasteiger partial charge in [-0.1, -0.05) is 6.07 Å². The maximum Gasteiger partial charge on any atom is 0.219 e. The van der Waals surface area contributed by atoms with Crippen LogP contribution in [0.25, 0.3) is 0 Å². The van der Waals surface area contributed by atoms with E-state index in [-0.39, 0.29) is 11.6 Å². The van der Waals surface area contributed by atoms with Gasteiger partial charge in [-0.2, -0.15) is 0 Å². The molecule has 0 aliphatic carbocycles. The van der Waals surface area contributed by atoms with Gasteiger partial charge in [-0.25, -0.2) is 13.8 Å². The first-order valence-corrected chi connectivity index (χ1v) is 5.42. The normalized spacial score (nSPS) is 10.4. The van der Waals surface area contributed by atoms with Gasteiger partial charge < -0.3 is 10.1 Å². The molecule has 94 valence electrons. The van der Waals surface area contributed by atoms with E-state index in [9.17, 15) is 8.78 Å². The third-order valence-electron chi connectivity index (χ3n) is 2.25. The topological polar surface area (TPSA) is 34.1 Å². The van der Waals surface area contributed by atoms with Crippen LogP contribution in [0.1, 0.15) is 5.69 Å². The molecular formula is C13H12F2N2O. The summed E-state index contributed by atoms with van der Waals surface area (Å²) in [6.07, 6.45) is 0. The highest BCUT2D eigenvalue weighted by Gasteiger charge is 2.07. The van der Waals surface area contributed by atoms with E-state index in [4.69, 9.17) is 4.74 Å². The molecule has 2 aromatic rings. The molecular weight excluding hydrogens is 238 g/mol. The van der Waals surface area contributed by atoms with E-state index < -0.39 is 11.6 Å². The molecule has 0 saturated heterocycles. The number of rotatable bonds is 4. The molecule has 5 heteroatoms. The van der Waals surface area contributed by atoms with E-state index in [1.807, 2.05) is 6.07 Å². The van der Waals surface area contributed by atoms with Gasteiger partial charge in [0.15, 0.2) is 11.6 Å². The van der Waals surface area contributed by atoms with Crippen LogP contribution in [-0.4, -0.2) is 12.0 Å². The Morgan fingerprint density at radius 2 is 2.06 bits per heavy atom. The summed E-state index contributed by atoms with van der Waals surface area (Å²) in [5.41, 5.74) is 0.756. The Bertz CT molecular complexity index is 546. The van der Waals surface area contributed by atoms with Crippen LogP contribution in [0.4, 0.5) is 8.78 Å². The lowest BCUT2D eigenvalue weighted by Crippen LogP contribution is -2.07. The number of halogens is 2. The first-order chi connectivity index (χ1) is 8.69. The molecule has 3 nitrogen and oxygen atoms in total. The number of hydrogen-bond donors (Lipinski definition) is 1. The van der Waals surface area contributed by atoms with Gasteiger partial charge >= 0.3 is 0 Å². The third kappa shape index (κ3) is 3.01. The molecule has 0 aliphatic rings.